The number of thiol groups is 1. The molecule has 0 aliphatic heterocycles. The molecule has 0 aliphatic rings. The monoisotopic (exact) mass is 87.0 g/mol. The lowest BCUT2D eigenvalue weighted by Gasteiger charge is -1.67. The molecule has 0 rings (SSSR count). The molecular weight excluding hydrogens is 82.9 g/mol. The third-order valence-corrected chi connectivity index (χ3v) is 0.505. The number of rotatable bonds is 1. The van der Waals surface area contributed by atoms with Crippen LogP contribution in [0.2, 0.25) is 6.82 Å². The summed E-state index contributed by atoms with van der Waals surface area (Å²) >= 11 is 3.40. The Hall–Kier alpha value is 0.0849. The Morgan fingerprint density at radius 1 is 2.00 bits per heavy atom. The van der Waals surface area contributed by atoms with E-state index >= 15 is 0 Å². The number of hydrogen-bond acceptors (Lipinski definition) is 1. The minimum absolute atomic E-state index is 0.176. The Morgan fingerprint density at radius 2 is 2.20 bits per heavy atom. The maximum absolute atomic E-state index is 9.62. The zero-order chi connectivity index (χ0) is 4.28. The lowest BCUT2D eigenvalue weighted by atomic mass is 9.86. The van der Waals surface area contributed by atoms with Crippen LogP contribution in [0.15, 0.2) is 0 Å². The first-order valence-corrected chi connectivity index (χ1v) is 1.74. The minimum atomic E-state index is -0.176. The number of carbonyl (C=O) groups is 1. The molecule has 0 saturated carbocycles. The van der Waals surface area contributed by atoms with Gasteiger partial charge in [0.15, 0.2) is 0 Å². The second kappa shape index (κ2) is 2.33. The van der Waals surface area contributed by atoms with Crippen molar-refractivity contribution in [3.05, 3.63) is 0 Å². The highest BCUT2D eigenvalue weighted by molar-refractivity contribution is 8.00. The quantitative estimate of drug-likeness (QED) is 0.369. The van der Waals surface area contributed by atoms with Crippen LogP contribution in [0.5, 0.6) is 0 Å². The summed E-state index contributed by atoms with van der Waals surface area (Å²) in [5.41, 5.74) is 0. The van der Waals surface area contributed by atoms with Crippen LogP contribution < -0.4 is 0 Å². The summed E-state index contributed by atoms with van der Waals surface area (Å²) in [6.07, 6.45) is 0. The molecule has 0 fully saturated rings. The zero-order valence-corrected chi connectivity index (χ0v) is 3.83. The lowest BCUT2D eigenvalue weighted by molar-refractivity contribution is 0.275. The normalized spacial score (nSPS) is 6.80. The minimum Gasteiger partial charge on any atom is -0.300 e. The second-order valence-corrected chi connectivity index (χ2v) is 1.07. The first kappa shape index (κ1) is 5.08. The van der Waals surface area contributed by atoms with Gasteiger partial charge < -0.3 is 4.79 Å². The first-order valence-electron chi connectivity index (χ1n) is 1.29. The average molecular weight is 86.9 g/mol. The Balaban J connectivity index is 2.85. The number of hydrogen-bond donors (Lipinski definition) is 1. The van der Waals surface area contributed by atoms with Crippen molar-refractivity contribution in [1.29, 1.82) is 0 Å². The highest BCUT2D eigenvalue weighted by Gasteiger charge is 1.82. The van der Waals surface area contributed by atoms with Crippen LogP contribution in [-0.4, -0.2) is 12.3 Å². The van der Waals surface area contributed by atoms with Gasteiger partial charge in [0, 0.05) is 0 Å². The van der Waals surface area contributed by atoms with E-state index in [-0.39, 0.29) is 5.01 Å². The zero-order valence-electron chi connectivity index (χ0n) is 2.93. The predicted octanol–water partition coefficient (Wildman–Crippen LogP) is 0.788. The summed E-state index contributed by atoms with van der Waals surface area (Å²) in [5.74, 6) is 0. The number of carbonyl (C=O) groups excluding carboxylic acids is 1. The fourth-order valence-electron chi connectivity index (χ4n) is 0. The largest absolute Gasteiger partial charge is 0.300 e. The van der Waals surface area contributed by atoms with Gasteiger partial charge in [-0.3, -0.25) is 0 Å². The van der Waals surface area contributed by atoms with Gasteiger partial charge in [-0.25, -0.2) is 0 Å². The molecule has 0 unspecified atom stereocenters. The van der Waals surface area contributed by atoms with Gasteiger partial charge in [0.1, 0.15) is 5.01 Å². The van der Waals surface area contributed by atoms with E-state index in [4.69, 9.17) is 0 Å². The van der Waals surface area contributed by atoms with Gasteiger partial charge in [-0.1, -0.05) is 6.82 Å². The van der Waals surface area contributed by atoms with Crippen LogP contribution in [0.25, 0.3) is 0 Å². The molecule has 0 atom stereocenters. The van der Waals surface area contributed by atoms with Gasteiger partial charge in [0.2, 0.25) is 7.28 Å². The molecule has 0 aromatic rings. The Labute approximate surface area is 37.4 Å². The standard InChI is InChI=1S/C2H4BOS/c1-3-2(4)5/h1H3,(H,4,5). The topological polar surface area (TPSA) is 17.1 Å². The molecule has 27 valence electrons. The molecule has 0 amide bonds. The van der Waals surface area contributed by atoms with Crippen molar-refractivity contribution in [2.45, 2.75) is 6.82 Å². The summed E-state index contributed by atoms with van der Waals surface area (Å²) in [6.45, 7) is 1.65. The third kappa shape index (κ3) is 4.08. The maximum atomic E-state index is 9.62. The van der Waals surface area contributed by atoms with Crippen LogP contribution in [0.3, 0.4) is 0 Å². The third-order valence-electron chi connectivity index (χ3n) is 0.247. The molecule has 1 nitrogen and oxygen atoms in total. The van der Waals surface area contributed by atoms with Crippen molar-refractivity contribution in [3.8, 4) is 0 Å². The van der Waals surface area contributed by atoms with Crippen LogP contribution in [0.1, 0.15) is 0 Å². The summed E-state index contributed by atoms with van der Waals surface area (Å²) in [4.78, 5) is 9.62. The fraction of sp³-hybridized carbons (Fsp3) is 0.500. The Kier molecular flexibility index (Phi) is 2.37. The van der Waals surface area contributed by atoms with Crippen LogP contribution in [0, 0.1) is 0 Å². The molecule has 1 radical (unpaired) electrons. The van der Waals surface area contributed by atoms with Crippen molar-refractivity contribution in [3.63, 3.8) is 0 Å². The predicted molar refractivity (Wildman–Crippen MR) is 26.0 cm³/mol. The Bertz CT molecular complexity index is 44.9. The van der Waals surface area contributed by atoms with Crippen molar-refractivity contribution in [2.24, 2.45) is 0 Å². The molecular formula is C2H4BOS. The molecule has 0 heterocycles. The maximum Gasteiger partial charge on any atom is 0.214 e. The smallest absolute Gasteiger partial charge is 0.214 e. The summed E-state index contributed by atoms with van der Waals surface area (Å²) in [6, 6.07) is 0. The van der Waals surface area contributed by atoms with Gasteiger partial charge in [0.25, 0.3) is 0 Å². The van der Waals surface area contributed by atoms with E-state index in [2.05, 4.69) is 12.6 Å². The molecule has 0 aromatic heterocycles. The molecule has 0 saturated heterocycles. The van der Waals surface area contributed by atoms with E-state index < -0.39 is 0 Å². The molecule has 0 bridgehead atoms. The van der Waals surface area contributed by atoms with Gasteiger partial charge >= 0.3 is 0 Å². The van der Waals surface area contributed by atoms with E-state index in [9.17, 15) is 4.79 Å². The highest BCUT2D eigenvalue weighted by atomic mass is 32.1. The van der Waals surface area contributed by atoms with Crippen molar-refractivity contribution < 1.29 is 4.79 Å². The van der Waals surface area contributed by atoms with E-state index in [1.165, 1.54) is 7.28 Å². The molecule has 5 heavy (non-hydrogen) atoms. The van der Waals surface area contributed by atoms with Crippen LogP contribution >= 0.6 is 12.6 Å². The van der Waals surface area contributed by atoms with Crippen LogP contribution in [-0.2, 0) is 0 Å². The van der Waals surface area contributed by atoms with Gasteiger partial charge in [-0.15, -0.1) is 12.6 Å². The fourth-order valence-corrected chi connectivity index (χ4v) is 0. The molecule has 3 heteroatoms. The second-order valence-electron chi connectivity index (χ2n) is 0.627. The summed E-state index contributed by atoms with van der Waals surface area (Å²) < 4.78 is 0. The van der Waals surface area contributed by atoms with E-state index in [0.29, 0.717) is 0 Å². The van der Waals surface area contributed by atoms with Crippen LogP contribution in [0.4, 0.5) is 4.79 Å². The van der Waals surface area contributed by atoms with E-state index in [1.54, 1.807) is 6.82 Å². The molecule has 0 spiro atoms. The van der Waals surface area contributed by atoms with Gasteiger partial charge in [0.05, 0.1) is 0 Å². The molecule has 0 aliphatic carbocycles. The average Bonchev–Trinajstić information content (AvgIpc) is 1.38. The van der Waals surface area contributed by atoms with E-state index in [1.807, 2.05) is 0 Å². The van der Waals surface area contributed by atoms with Crippen molar-refractivity contribution in [2.75, 3.05) is 0 Å². The lowest BCUT2D eigenvalue weighted by Crippen LogP contribution is -1.87. The first-order chi connectivity index (χ1) is 2.27. The molecule has 0 N–H and O–H groups in total. The van der Waals surface area contributed by atoms with Crippen molar-refractivity contribution in [1.82, 2.24) is 0 Å². The van der Waals surface area contributed by atoms with E-state index in [0.717, 1.165) is 0 Å². The van der Waals surface area contributed by atoms with Gasteiger partial charge in [-0.2, -0.15) is 0 Å². The summed E-state index contributed by atoms with van der Waals surface area (Å²) in [5, 5.41) is -0.176. The SMILES string of the molecule is C[B]C(=O)S. The Morgan fingerprint density at radius 3 is 2.20 bits per heavy atom. The van der Waals surface area contributed by atoms with Crippen molar-refractivity contribution >= 4 is 24.9 Å². The summed E-state index contributed by atoms with van der Waals surface area (Å²) in [7, 11) is 1.39. The van der Waals surface area contributed by atoms with Gasteiger partial charge in [-0.05, 0) is 0 Å². The molecule has 0 aromatic carbocycles. The highest BCUT2D eigenvalue weighted by Crippen LogP contribution is 1.73.